The molecule has 0 amide bonds. The van der Waals surface area contributed by atoms with Crippen molar-refractivity contribution in [3.63, 3.8) is 0 Å². The zero-order valence-electron chi connectivity index (χ0n) is 10.3. The van der Waals surface area contributed by atoms with Crippen LogP contribution in [0.2, 0.25) is 0 Å². The number of hydrogen-bond acceptors (Lipinski definition) is 3. The second kappa shape index (κ2) is 5.09. The van der Waals surface area contributed by atoms with Gasteiger partial charge in [-0.05, 0) is 31.3 Å². The molecule has 0 unspecified atom stereocenters. The van der Waals surface area contributed by atoms with E-state index in [1.807, 2.05) is 6.92 Å². The Balaban J connectivity index is 0.00000120. The second-order valence-corrected chi connectivity index (χ2v) is 4.41. The molecule has 0 spiro atoms. The Morgan fingerprint density at radius 1 is 1.33 bits per heavy atom. The molecule has 93 valence electrons. The Bertz CT molecular complexity index is 597. The van der Waals surface area contributed by atoms with Crippen molar-refractivity contribution in [1.82, 2.24) is 9.36 Å². The first-order valence-corrected chi connectivity index (χ1v) is 5.79. The molecule has 0 aliphatic carbocycles. The zero-order valence-corrected chi connectivity index (χ0v) is 13.1. The van der Waals surface area contributed by atoms with Gasteiger partial charge in [0.15, 0.2) is 5.88 Å². The Hall–Kier alpha value is -0.746. The minimum atomic E-state index is -0.187. The molecule has 6 nitrogen and oxygen atoms in total. The van der Waals surface area contributed by atoms with Crippen molar-refractivity contribution in [2.45, 2.75) is 39.3 Å². The molecule has 0 atom stereocenters. The zero-order chi connectivity index (χ0) is 12.0. The van der Waals surface area contributed by atoms with Crippen LogP contribution in [0.5, 0.6) is 5.88 Å². The minimum Gasteiger partial charge on any atom is -0.502 e. The van der Waals surface area contributed by atoms with E-state index in [0.29, 0.717) is 19.5 Å². The molecule has 0 saturated heterocycles. The largest absolute Gasteiger partial charge is 0.502 e. The van der Waals surface area contributed by atoms with E-state index in [1.54, 1.807) is 9.36 Å². The summed E-state index contributed by atoms with van der Waals surface area (Å²) in [5, 5.41) is 14.3. The summed E-state index contributed by atoms with van der Waals surface area (Å²) in [5.74, 6) is 0.000602. The van der Waals surface area contributed by atoms with Crippen molar-refractivity contribution < 1.29 is 42.5 Å². The van der Waals surface area contributed by atoms with E-state index in [0.717, 1.165) is 18.6 Å². The summed E-state index contributed by atoms with van der Waals surface area (Å²) >= 11 is 0. The Labute approximate surface area is 129 Å². The van der Waals surface area contributed by atoms with Gasteiger partial charge in [-0.25, -0.2) is 4.68 Å². The molecule has 18 heavy (non-hydrogen) atoms. The fourth-order valence-electron chi connectivity index (χ4n) is 2.28. The van der Waals surface area contributed by atoms with E-state index in [4.69, 9.17) is 0 Å². The number of hydrazone groups is 1. The Morgan fingerprint density at radius 3 is 2.56 bits per heavy atom. The molecule has 0 bridgehead atoms. The van der Waals surface area contributed by atoms with Gasteiger partial charge in [-0.3, -0.25) is 14.2 Å². The van der Waals surface area contributed by atoms with Gasteiger partial charge in [0.1, 0.15) is 0 Å². The maximum Gasteiger partial charge on any atom is 0.261 e. The first kappa shape index (κ1) is 13.7. The molecule has 0 fully saturated rings. The summed E-state index contributed by atoms with van der Waals surface area (Å²) in [5.41, 5.74) is 0.926. The van der Waals surface area contributed by atoms with Crippen molar-refractivity contribution >= 4 is 17.6 Å². The van der Waals surface area contributed by atoms with Crippen LogP contribution in [0.1, 0.15) is 26.2 Å². The van der Waals surface area contributed by atoms with Gasteiger partial charge in [0.2, 0.25) is 5.69 Å². The number of nitrogens with zero attached hydrogens (tertiary/aromatic N) is 4. The van der Waals surface area contributed by atoms with Crippen LogP contribution in [-0.4, -0.2) is 31.1 Å². The first-order valence-electron chi connectivity index (χ1n) is 5.79. The van der Waals surface area contributed by atoms with Crippen molar-refractivity contribution in [2.24, 2.45) is 5.10 Å². The summed E-state index contributed by atoms with van der Waals surface area (Å²) in [6, 6.07) is 0. The van der Waals surface area contributed by atoms with Crippen LogP contribution < -0.4 is 5.56 Å². The molecule has 3 heterocycles. The quantitative estimate of drug-likeness (QED) is 0.605. The fraction of sp³-hybridized carbons (Fsp3) is 0.545. The van der Waals surface area contributed by atoms with Crippen molar-refractivity contribution in [3.8, 4) is 5.88 Å². The number of aromatic hydroxyl groups is 1. The number of fused-ring (bicyclic) bond motifs is 1. The van der Waals surface area contributed by atoms with Gasteiger partial charge >= 0.3 is 0 Å². The third-order valence-corrected chi connectivity index (χ3v) is 3.14. The van der Waals surface area contributed by atoms with Crippen LogP contribution in [0.3, 0.4) is 0 Å². The third kappa shape index (κ3) is 2.01. The predicted molar refractivity (Wildman–Crippen MR) is 62.2 cm³/mol. The second-order valence-electron chi connectivity index (χ2n) is 4.41. The van der Waals surface area contributed by atoms with Gasteiger partial charge in [-0.15, -0.1) is 0 Å². The number of rotatable bonds is 1. The molecule has 1 aromatic rings. The Morgan fingerprint density at radius 2 is 2.00 bits per heavy atom. The first-order chi connectivity index (χ1) is 8.18. The topological polar surface area (TPSA) is 62.5 Å². The van der Waals surface area contributed by atoms with Gasteiger partial charge in [0.05, 0.1) is 11.9 Å². The van der Waals surface area contributed by atoms with Crippen molar-refractivity contribution in [3.05, 3.63) is 10.4 Å². The molecule has 7 heteroatoms. The average molecular weight is 323 g/mol. The van der Waals surface area contributed by atoms with Crippen LogP contribution in [0.4, 0.5) is 5.69 Å². The normalized spacial score (nSPS) is 17.8. The van der Waals surface area contributed by atoms with E-state index in [-0.39, 0.29) is 49.8 Å². The summed E-state index contributed by atoms with van der Waals surface area (Å²) < 4.78 is 4.59. The van der Waals surface area contributed by atoms with Crippen LogP contribution in [0.15, 0.2) is 9.90 Å². The molecule has 0 aromatic carbocycles. The van der Waals surface area contributed by atoms with Crippen LogP contribution in [0, 0.1) is 0 Å². The summed E-state index contributed by atoms with van der Waals surface area (Å²) in [7, 11) is 0. The molecule has 0 saturated carbocycles. The summed E-state index contributed by atoms with van der Waals surface area (Å²) in [4.78, 5) is 12.2. The van der Waals surface area contributed by atoms with Gasteiger partial charge in [-0.2, -0.15) is 0 Å². The van der Waals surface area contributed by atoms with E-state index < -0.39 is 0 Å². The van der Waals surface area contributed by atoms with Gasteiger partial charge in [0.25, 0.3) is 5.56 Å². The van der Waals surface area contributed by atoms with Crippen molar-refractivity contribution in [1.29, 1.82) is 0 Å². The standard InChI is InChI=1S/C11H14N4O2.Y/c1-8-4-7-13(12-8)9-10(16)14-5-2-3-6-15(14)11(9)17;/h16H,2-6H2,1H3;. The maximum atomic E-state index is 12.2. The molecular weight excluding hydrogens is 309 g/mol. The van der Waals surface area contributed by atoms with Gasteiger partial charge in [0, 0.05) is 45.8 Å². The summed E-state index contributed by atoms with van der Waals surface area (Å²) in [6.45, 7) is 3.21. The molecular formula is C11H14N4O2Y. The smallest absolute Gasteiger partial charge is 0.261 e. The van der Waals surface area contributed by atoms with E-state index >= 15 is 0 Å². The molecule has 2 aliphatic heterocycles. The average Bonchev–Trinajstić information content (AvgIpc) is 2.84. The minimum absolute atomic E-state index is 0. The number of aromatic nitrogens is 2. The maximum absolute atomic E-state index is 12.2. The summed E-state index contributed by atoms with van der Waals surface area (Å²) in [6.07, 6.45) is 5.51. The fourth-order valence-corrected chi connectivity index (χ4v) is 2.28. The Kier molecular flexibility index (Phi) is 3.87. The predicted octanol–water partition coefficient (Wildman–Crippen LogP) is 0.518. The SMILES string of the molecule is CC1=N[N+](c2c(O)n3n(c2=O)CCCC3)=[C-]C1.[Y]. The van der Waals surface area contributed by atoms with Crippen LogP contribution in [0.25, 0.3) is 0 Å². The van der Waals surface area contributed by atoms with Crippen LogP contribution in [-0.2, 0) is 45.8 Å². The third-order valence-electron chi connectivity index (χ3n) is 3.14. The molecule has 2 aliphatic rings. The molecule has 1 radical (unpaired) electrons. The monoisotopic (exact) mass is 323 g/mol. The number of hydrogen-bond donors (Lipinski definition) is 1. The molecule has 1 N–H and O–H groups in total. The van der Waals surface area contributed by atoms with Crippen LogP contribution >= 0.6 is 0 Å². The van der Waals surface area contributed by atoms with E-state index in [9.17, 15) is 9.90 Å². The molecule has 3 rings (SSSR count). The van der Waals surface area contributed by atoms with Gasteiger partial charge < -0.3 is 5.11 Å². The van der Waals surface area contributed by atoms with E-state index in [2.05, 4.69) is 11.3 Å². The van der Waals surface area contributed by atoms with Gasteiger partial charge in [-0.1, -0.05) is 0 Å². The molecule has 1 aromatic heterocycles. The van der Waals surface area contributed by atoms with Crippen molar-refractivity contribution in [2.75, 3.05) is 0 Å². The van der Waals surface area contributed by atoms with E-state index in [1.165, 1.54) is 4.68 Å².